The van der Waals surface area contributed by atoms with Gasteiger partial charge in [-0.15, -0.1) is 0 Å². The molecule has 0 radical (unpaired) electrons. The molecule has 3 fully saturated rings. The van der Waals surface area contributed by atoms with Gasteiger partial charge in [0, 0.05) is 16.0 Å². The number of allylic oxidation sites excluding steroid dienone is 2. The van der Waals surface area contributed by atoms with Crippen molar-refractivity contribution in [3.63, 3.8) is 0 Å². The molecule has 3 aromatic carbocycles. The van der Waals surface area contributed by atoms with Crippen LogP contribution in [-0.4, -0.2) is 40.9 Å². The first kappa shape index (κ1) is 29.6. The summed E-state index contributed by atoms with van der Waals surface area (Å²) < 4.78 is 5.40. The summed E-state index contributed by atoms with van der Waals surface area (Å²) in [6.07, 6.45) is 2.33. The molecule has 2 saturated heterocycles. The van der Waals surface area contributed by atoms with Crippen LogP contribution in [0.5, 0.6) is 11.5 Å². The summed E-state index contributed by atoms with van der Waals surface area (Å²) in [5, 5.41) is 14.5. The molecule has 6 atom stereocenters. The molecule has 7 rings (SSSR count). The van der Waals surface area contributed by atoms with E-state index in [4.69, 9.17) is 39.5 Å². The van der Waals surface area contributed by atoms with Crippen LogP contribution in [0.4, 0.5) is 5.69 Å². The molecule has 2 aliphatic carbocycles. The van der Waals surface area contributed by atoms with Gasteiger partial charge in [-0.3, -0.25) is 29.9 Å². The minimum atomic E-state index is -1.54. The molecule has 12 heteroatoms. The zero-order chi connectivity index (χ0) is 31.8. The lowest BCUT2D eigenvalue weighted by molar-refractivity contribution is -0.138. The normalized spacial score (nSPS) is 28.7. The predicted molar refractivity (Wildman–Crippen MR) is 167 cm³/mol. The number of anilines is 1. The SMILES string of the molecule is COc1ccc(C23C(=O)N(Nc4ccc(Cl)cc4Cl)C(=O)C2CC2C(=CCC4C(=O)NC(=O)C42)C3c2ccc(O)cc2Cl)cc1. The van der Waals surface area contributed by atoms with Crippen molar-refractivity contribution in [2.45, 2.75) is 24.2 Å². The Morgan fingerprint density at radius 3 is 2.38 bits per heavy atom. The number of hydrazine groups is 1. The van der Waals surface area contributed by atoms with Gasteiger partial charge in [0.05, 0.1) is 41.0 Å². The van der Waals surface area contributed by atoms with E-state index in [2.05, 4.69) is 10.7 Å². The van der Waals surface area contributed by atoms with E-state index >= 15 is 4.79 Å². The molecule has 4 amide bonds. The average molecular weight is 667 g/mol. The molecular formula is C33H26Cl3N3O6. The Hall–Kier alpha value is -4.05. The van der Waals surface area contributed by atoms with Crippen molar-refractivity contribution in [1.29, 1.82) is 0 Å². The van der Waals surface area contributed by atoms with Gasteiger partial charge in [0.2, 0.25) is 11.8 Å². The Morgan fingerprint density at radius 1 is 0.933 bits per heavy atom. The molecule has 2 heterocycles. The van der Waals surface area contributed by atoms with E-state index < -0.39 is 52.7 Å². The number of imide groups is 2. The molecule has 1 saturated carbocycles. The van der Waals surface area contributed by atoms with Crippen molar-refractivity contribution < 1.29 is 29.0 Å². The standard InChI is InChI=1S/C33H26Cl3N3O6/c1-45-18-6-2-15(3-7-18)33-23(31(43)39(32(33)44)38-26-11-4-16(34)12-25(26)36)14-22-19(9-10-21-27(22)30(42)37-29(21)41)28(33)20-8-5-17(40)13-24(20)35/h2-9,11-13,21-23,27-28,38,40H,10,14H2,1H3,(H,37,41,42). The quantitative estimate of drug-likeness (QED) is 0.238. The Kier molecular flexibility index (Phi) is 7.11. The van der Waals surface area contributed by atoms with Crippen LogP contribution in [0.3, 0.4) is 0 Å². The van der Waals surface area contributed by atoms with Crippen molar-refractivity contribution in [1.82, 2.24) is 10.3 Å². The number of fused-ring (bicyclic) bond motifs is 4. The molecule has 6 unspecified atom stereocenters. The number of rotatable bonds is 5. The number of carbonyl (C=O) groups excluding carboxylic acids is 4. The molecule has 3 N–H and O–H groups in total. The third kappa shape index (κ3) is 4.35. The zero-order valence-corrected chi connectivity index (χ0v) is 26.0. The van der Waals surface area contributed by atoms with Crippen LogP contribution in [-0.2, 0) is 24.6 Å². The van der Waals surface area contributed by atoms with Crippen molar-refractivity contribution in [2.75, 3.05) is 12.5 Å². The summed E-state index contributed by atoms with van der Waals surface area (Å²) in [5.74, 6) is -4.95. The highest BCUT2D eigenvalue weighted by atomic mass is 35.5. The molecule has 2 aliphatic heterocycles. The first-order valence-corrected chi connectivity index (χ1v) is 15.5. The number of aromatic hydroxyl groups is 1. The largest absolute Gasteiger partial charge is 0.508 e. The van der Waals surface area contributed by atoms with Crippen LogP contribution >= 0.6 is 34.8 Å². The van der Waals surface area contributed by atoms with Crippen molar-refractivity contribution >= 4 is 64.1 Å². The van der Waals surface area contributed by atoms with Crippen LogP contribution in [0.25, 0.3) is 0 Å². The first-order chi connectivity index (χ1) is 21.6. The Bertz CT molecular complexity index is 1830. The number of hydrogen-bond donors (Lipinski definition) is 3. The molecule has 0 bridgehead atoms. The highest BCUT2D eigenvalue weighted by Crippen LogP contribution is 2.64. The molecular weight excluding hydrogens is 641 g/mol. The van der Waals surface area contributed by atoms with E-state index in [0.717, 1.165) is 10.6 Å². The van der Waals surface area contributed by atoms with E-state index in [1.165, 1.54) is 25.3 Å². The van der Waals surface area contributed by atoms with Gasteiger partial charge in [-0.1, -0.05) is 64.7 Å². The van der Waals surface area contributed by atoms with Gasteiger partial charge in [-0.25, -0.2) is 0 Å². The smallest absolute Gasteiger partial charge is 0.260 e. The Balaban J connectivity index is 1.48. The average Bonchev–Trinajstić information content (AvgIpc) is 3.42. The summed E-state index contributed by atoms with van der Waals surface area (Å²) >= 11 is 19.4. The third-order valence-electron chi connectivity index (χ3n) is 9.72. The number of carbonyl (C=O) groups is 4. The lowest BCUT2D eigenvalue weighted by Gasteiger charge is -2.50. The van der Waals surface area contributed by atoms with Gasteiger partial charge in [0.1, 0.15) is 11.5 Å². The number of ether oxygens (including phenoxy) is 1. The lowest BCUT2D eigenvalue weighted by atomic mass is 9.49. The van der Waals surface area contributed by atoms with E-state index in [1.807, 2.05) is 6.08 Å². The van der Waals surface area contributed by atoms with Crippen LogP contribution in [0.2, 0.25) is 15.1 Å². The van der Waals surface area contributed by atoms with Crippen LogP contribution < -0.4 is 15.5 Å². The second-order valence-corrected chi connectivity index (χ2v) is 13.0. The first-order valence-electron chi connectivity index (χ1n) is 14.3. The van der Waals surface area contributed by atoms with E-state index in [1.54, 1.807) is 42.5 Å². The number of methoxy groups -OCH3 is 1. The lowest BCUT2D eigenvalue weighted by Crippen LogP contribution is -2.53. The fraction of sp³-hybridized carbons (Fsp3) is 0.273. The van der Waals surface area contributed by atoms with E-state index in [-0.39, 0.29) is 34.5 Å². The molecule has 230 valence electrons. The van der Waals surface area contributed by atoms with Gasteiger partial charge >= 0.3 is 0 Å². The summed E-state index contributed by atoms with van der Waals surface area (Å²) in [5.41, 5.74) is 3.49. The van der Waals surface area contributed by atoms with Gasteiger partial charge in [0.15, 0.2) is 0 Å². The topological polar surface area (TPSA) is 125 Å². The second kappa shape index (κ2) is 10.8. The number of benzene rings is 3. The monoisotopic (exact) mass is 665 g/mol. The highest BCUT2D eigenvalue weighted by molar-refractivity contribution is 6.36. The summed E-state index contributed by atoms with van der Waals surface area (Å²) in [6, 6.07) is 16.1. The third-order valence-corrected chi connectivity index (χ3v) is 10.6. The molecule has 4 aliphatic rings. The maximum absolute atomic E-state index is 15.1. The number of phenols is 1. The highest BCUT2D eigenvalue weighted by Gasteiger charge is 2.70. The number of phenolic OH excluding ortho intramolecular Hbond substituents is 1. The molecule has 9 nitrogen and oxygen atoms in total. The molecule has 3 aromatic rings. The molecule has 0 aromatic heterocycles. The number of nitrogens with zero attached hydrogens (tertiary/aromatic N) is 1. The van der Waals surface area contributed by atoms with Crippen LogP contribution in [0.15, 0.2) is 72.3 Å². The number of amides is 4. The predicted octanol–water partition coefficient (Wildman–Crippen LogP) is 5.63. The Morgan fingerprint density at radius 2 is 1.69 bits per heavy atom. The second-order valence-electron chi connectivity index (χ2n) is 11.8. The summed E-state index contributed by atoms with van der Waals surface area (Å²) in [7, 11) is 1.53. The van der Waals surface area contributed by atoms with Crippen molar-refractivity contribution in [3.8, 4) is 11.5 Å². The maximum Gasteiger partial charge on any atom is 0.260 e. The zero-order valence-electron chi connectivity index (χ0n) is 23.7. The van der Waals surface area contributed by atoms with Crippen LogP contribution in [0.1, 0.15) is 29.9 Å². The van der Waals surface area contributed by atoms with Crippen molar-refractivity contribution in [2.24, 2.45) is 23.7 Å². The Labute approximate surface area is 273 Å². The van der Waals surface area contributed by atoms with E-state index in [9.17, 15) is 19.5 Å². The molecule has 0 spiro atoms. The number of nitrogens with one attached hydrogen (secondary N) is 2. The fourth-order valence-corrected chi connectivity index (χ4v) is 8.58. The maximum atomic E-state index is 15.1. The molecule has 45 heavy (non-hydrogen) atoms. The summed E-state index contributed by atoms with van der Waals surface area (Å²) in [6.45, 7) is 0. The minimum Gasteiger partial charge on any atom is -0.508 e. The summed E-state index contributed by atoms with van der Waals surface area (Å²) in [4.78, 5) is 55.6. The minimum absolute atomic E-state index is 0.0703. The number of halogens is 3. The van der Waals surface area contributed by atoms with E-state index in [0.29, 0.717) is 27.6 Å². The van der Waals surface area contributed by atoms with Crippen molar-refractivity contribution in [3.05, 3.63) is 98.5 Å². The fourth-order valence-electron chi connectivity index (χ4n) is 7.85. The van der Waals surface area contributed by atoms with Gasteiger partial charge in [0.25, 0.3) is 11.8 Å². The van der Waals surface area contributed by atoms with Gasteiger partial charge in [-0.05, 0) is 72.4 Å². The van der Waals surface area contributed by atoms with Crippen LogP contribution in [0, 0.1) is 23.7 Å². The van der Waals surface area contributed by atoms with Gasteiger partial charge in [-0.2, -0.15) is 5.01 Å². The number of hydrogen-bond acceptors (Lipinski definition) is 7. The van der Waals surface area contributed by atoms with Gasteiger partial charge < -0.3 is 9.84 Å².